The standard InChI is InChI=1S/C14H18N4O3S/c1-9-7-11(18-21-9)13-16-17-14(20-13)22-8-12(19)15-10-5-3-2-4-6-10/h7,10H,2-6,8H2,1H3,(H,15,19). The molecule has 1 aliphatic rings. The Hall–Kier alpha value is -1.83. The van der Waals surface area contributed by atoms with Crippen LogP contribution in [0.2, 0.25) is 0 Å². The van der Waals surface area contributed by atoms with Gasteiger partial charge in [-0.3, -0.25) is 4.79 Å². The molecule has 1 fully saturated rings. The van der Waals surface area contributed by atoms with Gasteiger partial charge in [0.2, 0.25) is 5.91 Å². The Balaban J connectivity index is 1.49. The van der Waals surface area contributed by atoms with Crippen LogP contribution in [-0.4, -0.2) is 33.1 Å². The minimum absolute atomic E-state index is 0.00827. The lowest BCUT2D eigenvalue weighted by Gasteiger charge is -2.22. The van der Waals surface area contributed by atoms with Crippen molar-refractivity contribution >= 4 is 17.7 Å². The van der Waals surface area contributed by atoms with Gasteiger partial charge < -0.3 is 14.3 Å². The highest BCUT2D eigenvalue weighted by Gasteiger charge is 2.17. The first-order valence-corrected chi connectivity index (χ1v) is 8.38. The predicted molar refractivity (Wildman–Crippen MR) is 80.3 cm³/mol. The van der Waals surface area contributed by atoms with Crippen LogP contribution in [0.1, 0.15) is 37.9 Å². The molecule has 1 N–H and O–H groups in total. The Kier molecular flexibility index (Phi) is 4.77. The Labute approximate surface area is 132 Å². The number of nitrogens with one attached hydrogen (secondary N) is 1. The molecule has 2 aromatic rings. The van der Waals surface area contributed by atoms with Gasteiger partial charge in [0.25, 0.3) is 11.1 Å². The van der Waals surface area contributed by atoms with E-state index in [0.717, 1.165) is 12.8 Å². The highest BCUT2D eigenvalue weighted by molar-refractivity contribution is 7.99. The maximum Gasteiger partial charge on any atom is 0.277 e. The van der Waals surface area contributed by atoms with Crippen molar-refractivity contribution in [2.45, 2.75) is 50.3 Å². The SMILES string of the molecule is Cc1cc(-c2nnc(SCC(=O)NC3CCCCC3)o2)no1. The van der Waals surface area contributed by atoms with Gasteiger partial charge in [-0.05, 0) is 19.8 Å². The number of aryl methyl sites for hydroxylation is 1. The number of nitrogens with zero attached hydrogens (tertiary/aromatic N) is 3. The van der Waals surface area contributed by atoms with Crippen LogP contribution < -0.4 is 5.32 Å². The second-order valence-corrected chi connectivity index (χ2v) is 6.31. The van der Waals surface area contributed by atoms with Crippen molar-refractivity contribution in [2.24, 2.45) is 0 Å². The first kappa shape index (κ1) is 15.1. The highest BCUT2D eigenvalue weighted by atomic mass is 32.2. The zero-order valence-electron chi connectivity index (χ0n) is 12.4. The minimum Gasteiger partial charge on any atom is -0.409 e. The lowest BCUT2D eigenvalue weighted by atomic mass is 9.95. The van der Waals surface area contributed by atoms with Crippen molar-refractivity contribution < 1.29 is 13.7 Å². The second kappa shape index (κ2) is 6.95. The van der Waals surface area contributed by atoms with Gasteiger partial charge in [-0.15, -0.1) is 10.2 Å². The molecular weight excluding hydrogens is 304 g/mol. The zero-order chi connectivity index (χ0) is 15.4. The number of amides is 1. The van der Waals surface area contributed by atoms with E-state index in [4.69, 9.17) is 8.94 Å². The molecule has 118 valence electrons. The van der Waals surface area contributed by atoms with E-state index in [9.17, 15) is 4.79 Å². The molecule has 0 spiro atoms. The largest absolute Gasteiger partial charge is 0.409 e. The summed E-state index contributed by atoms with van der Waals surface area (Å²) in [5, 5.41) is 15.0. The summed E-state index contributed by atoms with van der Waals surface area (Å²) in [4.78, 5) is 11.9. The van der Waals surface area contributed by atoms with Gasteiger partial charge in [-0.2, -0.15) is 0 Å². The molecule has 0 aliphatic heterocycles. The summed E-state index contributed by atoms with van der Waals surface area (Å²) in [6, 6.07) is 2.04. The van der Waals surface area contributed by atoms with Crippen molar-refractivity contribution in [2.75, 3.05) is 5.75 Å². The first-order valence-electron chi connectivity index (χ1n) is 7.40. The average Bonchev–Trinajstić information content (AvgIpc) is 3.15. The third kappa shape index (κ3) is 3.88. The van der Waals surface area contributed by atoms with Crippen LogP contribution in [0.3, 0.4) is 0 Å². The van der Waals surface area contributed by atoms with Crippen LogP contribution >= 0.6 is 11.8 Å². The molecule has 0 bridgehead atoms. The summed E-state index contributed by atoms with van der Waals surface area (Å²) < 4.78 is 10.4. The van der Waals surface area contributed by atoms with Crippen LogP contribution in [0.4, 0.5) is 0 Å². The maximum absolute atomic E-state index is 11.9. The maximum atomic E-state index is 11.9. The van der Waals surface area contributed by atoms with Crippen LogP contribution in [0, 0.1) is 6.92 Å². The van der Waals surface area contributed by atoms with Crippen LogP contribution in [0.15, 0.2) is 20.2 Å². The molecule has 22 heavy (non-hydrogen) atoms. The number of carbonyl (C=O) groups excluding carboxylic acids is 1. The third-order valence-electron chi connectivity index (χ3n) is 3.55. The number of aromatic nitrogens is 3. The van der Waals surface area contributed by atoms with Gasteiger partial charge in [0, 0.05) is 12.1 Å². The lowest BCUT2D eigenvalue weighted by Crippen LogP contribution is -2.37. The highest BCUT2D eigenvalue weighted by Crippen LogP contribution is 2.23. The molecule has 2 heterocycles. The normalized spacial score (nSPS) is 15.9. The van der Waals surface area contributed by atoms with Crippen LogP contribution in [-0.2, 0) is 4.79 Å². The van der Waals surface area contributed by atoms with Crippen molar-refractivity contribution in [3.8, 4) is 11.6 Å². The Morgan fingerprint density at radius 3 is 2.91 bits per heavy atom. The first-order chi connectivity index (χ1) is 10.7. The molecular formula is C14H18N4O3S. The molecule has 0 saturated heterocycles. The van der Waals surface area contributed by atoms with E-state index in [-0.39, 0.29) is 11.7 Å². The molecule has 2 aromatic heterocycles. The fourth-order valence-electron chi connectivity index (χ4n) is 2.48. The Bertz CT molecular complexity index is 634. The minimum atomic E-state index is 0.00827. The topological polar surface area (TPSA) is 94.1 Å². The molecule has 0 radical (unpaired) electrons. The van der Waals surface area contributed by atoms with Gasteiger partial charge in [-0.1, -0.05) is 36.2 Å². The summed E-state index contributed by atoms with van der Waals surface area (Å²) in [5.74, 6) is 1.26. The van der Waals surface area contributed by atoms with Gasteiger partial charge in [0.15, 0.2) is 5.69 Å². The number of thioether (sulfide) groups is 1. The Morgan fingerprint density at radius 1 is 1.36 bits per heavy atom. The molecule has 3 rings (SSSR count). The van der Waals surface area contributed by atoms with E-state index in [2.05, 4.69) is 20.7 Å². The molecule has 8 heteroatoms. The Morgan fingerprint density at radius 2 is 2.18 bits per heavy atom. The van der Waals surface area contributed by atoms with E-state index in [1.54, 1.807) is 13.0 Å². The van der Waals surface area contributed by atoms with Crippen LogP contribution in [0.25, 0.3) is 11.6 Å². The zero-order valence-corrected chi connectivity index (χ0v) is 13.2. The monoisotopic (exact) mass is 322 g/mol. The summed E-state index contributed by atoms with van der Waals surface area (Å²) in [7, 11) is 0. The van der Waals surface area contributed by atoms with Crippen molar-refractivity contribution in [1.82, 2.24) is 20.7 Å². The van der Waals surface area contributed by atoms with Crippen molar-refractivity contribution in [3.05, 3.63) is 11.8 Å². The van der Waals surface area contributed by atoms with Crippen LogP contribution in [0.5, 0.6) is 0 Å². The van der Waals surface area contributed by atoms with Gasteiger partial charge >= 0.3 is 0 Å². The van der Waals surface area contributed by atoms with E-state index in [1.165, 1.54) is 31.0 Å². The smallest absolute Gasteiger partial charge is 0.277 e. The van der Waals surface area contributed by atoms with Crippen molar-refractivity contribution in [1.29, 1.82) is 0 Å². The number of hydrogen-bond acceptors (Lipinski definition) is 7. The molecule has 0 unspecified atom stereocenters. The number of hydrogen-bond donors (Lipinski definition) is 1. The molecule has 1 amide bonds. The summed E-state index contributed by atoms with van der Waals surface area (Å²) in [5.41, 5.74) is 0.503. The van der Waals surface area contributed by atoms with E-state index in [1.807, 2.05) is 0 Å². The summed E-state index contributed by atoms with van der Waals surface area (Å²) in [6.45, 7) is 1.79. The van der Waals surface area contributed by atoms with E-state index >= 15 is 0 Å². The number of rotatable bonds is 5. The predicted octanol–water partition coefficient (Wildman–Crippen LogP) is 2.57. The molecule has 0 atom stereocenters. The second-order valence-electron chi connectivity index (χ2n) is 5.39. The van der Waals surface area contributed by atoms with Gasteiger partial charge in [0.1, 0.15) is 5.76 Å². The number of carbonyl (C=O) groups is 1. The fourth-order valence-corrected chi connectivity index (χ4v) is 3.06. The average molecular weight is 322 g/mol. The quantitative estimate of drug-likeness (QED) is 0.845. The van der Waals surface area contributed by atoms with Gasteiger partial charge in [-0.25, -0.2) is 0 Å². The molecule has 1 aliphatic carbocycles. The molecule has 7 nitrogen and oxygen atoms in total. The summed E-state index contributed by atoms with van der Waals surface area (Å²) in [6.07, 6.45) is 5.82. The van der Waals surface area contributed by atoms with Crippen molar-refractivity contribution in [3.63, 3.8) is 0 Å². The van der Waals surface area contributed by atoms with E-state index < -0.39 is 0 Å². The fraction of sp³-hybridized carbons (Fsp3) is 0.571. The van der Waals surface area contributed by atoms with Gasteiger partial charge in [0.05, 0.1) is 5.75 Å². The molecule has 0 aromatic carbocycles. The third-order valence-corrected chi connectivity index (χ3v) is 4.37. The van der Waals surface area contributed by atoms with E-state index in [0.29, 0.717) is 28.6 Å². The summed E-state index contributed by atoms with van der Waals surface area (Å²) >= 11 is 1.23. The lowest BCUT2D eigenvalue weighted by molar-refractivity contribution is -0.119. The molecule has 1 saturated carbocycles.